The van der Waals surface area contributed by atoms with Gasteiger partial charge in [-0.05, 0) is 23.8 Å². The number of carboxylic acids is 1. The molecule has 1 aliphatic rings. The van der Waals surface area contributed by atoms with Crippen LogP contribution in [0.3, 0.4) is 0 Å². The molecule has 0 spiro atoms. The van der Waals surface area contributed by atoms with Crippen molar-refractivity contribution >= 4 is 46.4 Å². The highest BCUT2D eigenvalue weighted by Gasteiger charge is 2.18. The summed E-state index contributed by atoms with van der Waals surface area (Å²) in [6.45, 7) is 0. The molecule has 0 aliphatic heterocycles. The zero-order valence-electron chi connectivity index (χ0n) is 10.5. The molecule has 0 heterocycles. The topological polar surface area (TPSA) is 87.0 Å². The highest BCUT2D eigenvalue weighted by Crippen LogP contribution is 2.29. The summed E-state index contributed by atoms with van der Waals surface area (Å²) in [5.74, 6) is -1.48. The Kier molecular flexibility index (Phi) is 4.45. The van der Waals surface area contributed by atoms with E-state index in [9.17, 15) is 14.7 Å². The van der Waals surface area contributed by atoms with Crippen molar-refractivity contribution in [2.45, 2.75) is 6.42 Å². The number of benzene rings is 1. The van der Waals surface area contributed by atoms with Crippen molar-refractivity contribution in [1.82, 2.24) is 0 Å². The van der Waals surface area contributed by atoms with E-state index in [1.165, 1.54) is 30.4 Å². The molecule has 0 bridgehead atoms. The summed E-state index contributed by atoms with van der Waals surface area (Å²) >= 11 is 11.9. The molecule has 0 radical (unpaired) electrons. The molecular weight excluding hydrogens is 317 g/mol. The molecule has 0 saturated heterocycles. The molecule has 1 aliphatic carbocycles. The molecule has 108 valence electrons. The SMILES string of the molecule is O=C1C=C(Cl)C(=Nc2ccc(O)cc2CC(=O)O)C(Cl)=C1. The Morgan fingerprint density at radius 1 is 1.19 bits per heavy atom. The number of aliphatic imine (C=N–C) groups is 1. The van der Waals surface area contributed by atoms with Crippen LogP contribution in [0.5, 0.6) is 5.75 Å². The van der Waals surface area contributed by atoms with Crippen molar-refractivity contribution in [1.29, 1.82) is 0 Å². The molecule has 2 rings (SSSR count). The second-order valence-electron chi connectivity index (χ2n) is 4.23. The van der Waals surface area contributed by atoms with Crippen LogP contribution in [0.25, 0.3) is 0 Å². The van der Waals surface area contributed by atoms with Gasteiger partial charge in [0.15, 0.2) is 5.78 Å². The number of ketones is 1. The third-order valence-electron chi connectivity index (χ3n) is 2.63. The molecule has 0 amide bonds. The van der Waals surface area contributed by atoms with Crippen LogP contribution in [-0.4, -0.2) is 27.7 Å². The van der Waals surface area contributed by atoms with Crippen molar-refractivity contribution in [3.8, 4) is 5.75 Å². The van der Waals surface area contributed by atoms with E-state index in [4.69, 9.17) is 28.3 Å². The number of phenols is 1. The zero-order valence-corrected chi connectivity index (χ0v) is 12.0. The molecule has 0 fully saturated rings. The normalized spacial score (nSPS) is 14.6. The predicted molar refractivity (Wildman–Crippen MR) is 79.4 cm³/mol. The Morgan fingerprint density at radius 2 is 1.81 bits per heavy atom. The third kappa shape index (κ3) is 3.71. The fourth-order valence-corrected chi connectivity index (χ4v) is 2.31. The van der Waals surface area contributed by atoms with Gasteiger partial charge in [0.05, 0.1) is 22.2 Å². The predicted octanol–water partition coefficient (Wildman–Crippen LogP) is 2.92. The largest absolute Gasteiger partial charge is 0.508 e. The van der Waals surface area contributed by atoms with Crippen LogP contribution in [0, 0.1) is 0 Å². The van der Waals surface area contributed by atoms with Crippen LogP contribution >= 0.6 is 23.2 Å². The van der Waals surface area contributed by atoms with Gasteiger partial charge in [0.25, 0.3) is 0 Å². The number of carboxylic acid groups (broad SMARTS) is 1. The number of hydrogen-bond acceptors (Lipinski definition) is 4. The lowest BCUT2D eigenvalue weighted by molar-refractivity contribution is -0.136. The monoisotopic (exact) mass is 325 g/mol. The maximum atomic E-state index is 11.3. The average Bonchev–Trinajstić information content (AvgIpc) is 2.35. The van der Waals surface area contributed by atoms with E-state index in [0.717, 1.165) is 0 Å². The van der Waals surface area contributed by atoms with E-state index in [2.05, 4.69) is 4.99 Å². The Morgan fingerprint density at radius 3 is 2.38 bits per heavy atom. The Labute approximate surface area is 129 Å². The van der Waals surface area contributed by atoms with Crippen LogP contribution in [0.1, 0.15) is 5.56 Å². The summed E-state index contributed by atoms with van der Waals surface area (Å²) < 4.78 is 0. The third-order valence-corrected chi connectivity index (χ3v) is 3.20. The van der Waals surface area contributed by atoms with Crippen LogP contribution in [0.15, 0.2) is 45.4 Å². The van der Waals surface area contributed by atoms with Crippen molar-refractivity contribution in [2.24, 2.45) is 4.99 Å². The number of halogens is 2. The first-order valence-electron chi connectivity index (χ1n) is 5.78. The number of nitrogens with zero attached hydrogens (tertiary/aromatic N) is 1. The minimum absolute atomic E-state index is 0.0712. The number of aromatic hydroxyl groups is 1. The number of allylic oxidation sites excluding steroid dienone is 4. The molecule has 1 aromatic rings. The molecule has 0 atom stereocenters. The quantitative estimate of drug-likeness (QED) is 0.836. The van der Waals surface area contributed by atoms with Crippen molar-refractivity contribution in [3.63, 3.8) is 0 Å². The number of phenolic OH excluding ortho intramolecular Hbond substituents is 1. The Balaban J connectivity index is 2.50. The fourth-order valence-electron chi connectivity index (χ4n) is 1.76. The maximum Gasteiger partial charge on any atom is 0.307 e. The lowest BCUT2D eigenvalue weighted by Crippen LogP contribution is -2.08. The standard InChI is InChI=1S/C14H9Cl2NO4/c15-10-5-9(19)6-11(16)14(10)17-12-2-1-8(18)3-7(12)4-13(20)21/h1-3,5-6,18H,4H2,(H,20,21). The molecule has 7 heteroatoms. The van der Waals surface area contributed by atoms with Crippen LogP contribution in [0.2, 0.25) is 0 Å². The van der Waals surface area contributed by atoms with Gasteiger partial charge in [-0.15, -0.1) is 0 Å². The van der Waals surface area contributed by atoms with Crippen LogP contribution < -0.4 is 0 Å². The Bertz CT molecular complexity index is 696. The van der Waals surface area contributed by atoms with Gasteiger partial charge in [0.1, 0.15) is 11.5 Å². The summed E-state index contributed by atoms with van der Waals surface area (Å²) in [5, 5.41) is 18.5. The van der Waals surface area contributed by atoms with E-state index in [1.54, 1.807) is 0 Å². The summed E-state index contributed by atoms with van der Waals surface area (Å²) in [4.78, 5) is 26.3. The first-order chi connectivity index (χ1) is 9.86. The molecule has 2 N–H and O–H groups in total. The first kappa shape index (κ1) is 15.3. The summed E-state index contributed by atoms with van der Waals surface area (Å²) in [5.41, 5.74) is 0.786. The van der Waals surface area contributed by atoms with Gasteiger partial charge < -0.3 is 10.2 Å². The van der Waals surface area contributed by atoms with Crippen molar-refractivity contribution in [3.05, 3.63) is 46.0 Å². The minimum Gasteiger partial charge on any atom is -0.508 e. The van der Waals surface area contributed by atoms with E-state index in [0.29, 0.717) is 11.3 Å². The number of carbonyl (C=O) groups excluding carboxylic acids is 1. The van der Waals surface area contributed by atoms with Gasteiger partial charge in [0, 0.05) is 12.2 Å². The Hall–Kier alpha value is -2.11. The average molecular weight is 326 g/mol. The molecule has 21 heavy (non-hydrogen) atoms. The summed E-state index contributed by atoms with van der Waals surface area (Å²) in [6, 6.07) is 4.12. The molecular formula is C14H9Cl2NO4. The number of aliphatic carboxylic acids is 1. The molecule has 0 aromatic heterocycles. The van der Waals surface area contributed by atoms with Gasteiger partial charge in [-0.25, -0.2) is 4.99 Å². The molecule has 0 saturated carbocycles. The van der Waals surface area contributed by atoms with Gasteiger partial charge in [-0.3, -0.25) is 9.59 Å². The lowest BCUT2D eigenvalue weighted by Gasteiger charge is -2.10. The molecule has 1 aromatic carbocycles. The lowest BCUT2D eigenvalue weighted by atomic mass is 10.1. The van der Waals surface area contributed by atoms with Crippen LogP contribution in [0.4, 0.5) is 5.69 Å². The minimum atomic E-state index is -1.07. The van der Waals surface area contributed by atoms with Crippen molar-refractivity contribution in [2.75, 3.05) is 0 Å². The smallest absolute Gasteiger partial charge is 0.307 e. The van der Waals surface area contributed by atoms with Gasteiger partial charge in [-0.2, -0.15) is 0 Å². The molecule has 5 nitrogen and oxygen atoms in total. The number of hydrogen-bond donors (Lipinski definition) is 2. The second kappa shape index (κ2) is 6.11. The maximum absolute atomic E-state index is 11.3. The van der Waals surface area contributed by atoms with E-state index in [-0.39, 0.29) is 33.7 Å². The highest BCUT2D eigenvalue weighted by atomic mass is 35.5. The summed E-state index contributed by atoms with van der Waals surface area (Å²) in [6.07, 6.45) is 2.02. The molecule has 0 unspecified atom stereocenters. The first-order valence-corrected chi connectivity index (χ1v) is 6.54. The van der Waals surface area contributed by atoms with E-state index >= 15 is 0 Å². The van der Waals surface area contributed by atoms with Gasteiger partial charge >= 0.3 is 5.97 Å². The van der Waals surface area contributed by atoms with Gasteiger partial charge in [-0.1, -0.05) is 23.2 Å². The second-order valence-corrected chi connectivity index (χ2v) is 5.05. The van der Waals surface area contributed by atoms with E-state index < -0.39 is 5.97 Å². The highest BCUT2D eigenvalue weighted by molar-refractivity contribution is 6.58. The van der Waals surface area contributed by atoms with Gasteiger partial charge in [0.2, 0.25) is 0 Å². The van der Waals surface area contributed by atoms with Crippen LogP contribution in [-0.2, 0) is 16.0 Å². The summed E-state index contributed by atoms with van der Waals surface area (Å²) in [7, 11) is 0. The van der Waals surface area contributed by atoms with Crippen molar-refractivity contribution < 1.29 is 19.8 Å². The number of carbonyl (C=O) groups is 2. The fraction of sp³-hybridized carbons (Fsp3) is 0.0714. The zero-order chi connectivity index (χ0) is 15.6. The van der Waals surface area contributed by atoms with E-state index in [1.807, 2.05) is 0 Å². The number of rotatable bonds is 3.